The van der Waals surface area contributed by atoms with Crippen molar-refractivity contribution in [2.24, 2.45) is 0 Å². The molecule has 1 N–H and O–H groups in total. The fourth-order valence-electron chi connectivity index (χ4n) is 3.15. The molecule has 0 spiro atoms. The first-order chi connectivity index (χ1) is 11.7. The van der Waals surface area contributed by atoms with Crippen LogP contribution in [0.1, 0.15) is 31.1 Å². The van der Waals surface area contributed by atoms with E-state index in [1.165, 1.54) is 0 Å². The van der Waals surface area contributed by atoms with E-state index in [0.29, 0.717) is 19.7 Å². The van der Waals surface area contributed by atoms with E-state index in [2.05, 4.69) is 18.3 Å². The number of rotatable bonds is 6. The Morgan fingerprint density at radius 1 is 1.36 bits per heavy atom. The van der Waals surface area contributed by atoms with Crippen molar-refractivity contribution in [3.05, 3.63) is 35.6 Å². The molecule has 2 aromatic rings. The molecule has 0 radical (unpaired) electrons. The lowest BCUT2D eigenvalue weighted by atomic mass is 10.1. The normalized spacial score (nSPS) is 17.3. The van der Waals surface area contributed by atoms with Crippen molar-refractivity contribution in [2.45, 2.75) is 38.8 Å². The van der Waals surface area contributed by atoms with Gasteiger partial charge in [0.15, 0.2) is 0 Å². The summed E-state index contributed by atoms with van der Waals surface area (Å²) in [6, 6.07) is 8.06. The predicted octanol–water partition coefficient (Wildman–Crippen LogP) is 3.14. The van der Waals surface area contributed by atoms with Gasteiger partial charge in [-0.2, -0.15) is 0 Å². The van der Waals surface area contributed by atoms with Crippen molar-refractivity contribution in [3.8, 4) is 0 Å². The van der Waals surface area contributed by atoms with Gasteiger partial charge >= 0.3 is 0 Å². The highest BCUT2D eigenvalue weighted by Crippen LogP contribution is 2.28. The molecule has 5 nitrogen and oxygen atoms in total. The molecule has 0 aliphatic carbocycles. The number of unbranched alkanes of at least 4 members (excludes halogenated alkanes) is 1. The van der Waals surface area contributed by atoms with Gasteiger partial charge in [0, 0.05) is 44.1 Å². The number of aryl methyl sites for hydroxylation is 1. The molecule has 1 aromatic heterocycles. The van der Waals surface area contributed by atoms with Crippen molar-refractivity contribution in [2.75, 3.05) is 26.7 Å². The maximum absolute atomic E-state index is 12.6. The zero-order valence-corrected chi connectivity index (χ0v) is 15.7. The lowest BCUT2D eigenvalue weighted by Gasteiger charge is -2.27. The number of ether oxygens (including phenoxy) is 1. The van der Waals surface area contributed by atoms with Gasteiger partial charge in [-0.3, -0.25) is 4.79 Å². The quantitative estimate of drug-likeness (QED) is 0.853. The summed E-state index contributed by atoms with van der Waals surface area (Å²) < 4.78 is 11.6. The predicted molar refractivity (Wildman–Crippen MR) is 101 cm³/mol. The van der Waals surface area contributed by atoms with Crippen LogP contribution in [0.15, 0.2) is 28.7 Å². The number of likely N-dealkylation sites (N-methyl/N-ethyl adjacent to an activating group) is 1. The van der Waals surface area contributed by atoms with Crippen LogP contribution in [0.25, 0.3) is 11.0 Å². The fraction of sp³-hybridized carbons (Fsp3) is 0.526. The molecular formula is C19H27ClN2O3. The van der Waals surface area contributed by atoms with Crippen LogP contribution in [-0.2, 0) is 22.5 Å². The van der Waals surface area contributed by atoms with Crippen LogP contribution in [0.4, 0.5) is 0 Å². The summed E-state index contributed by atoms with van der Waals surface area (Å²) in [6.45, 7) is 4.69. The molecule has 25 heavy (non-hydrogen) atoms. The lowest BCUT2D eigenvalue weighted by molar-refractivity contribution is -0.144. The van der Waals surface area contributed by atoms with Crippen molar-refractivity contribution >= 4 is 29.3 Å². The van der Waals surface area contributed by atoms with E-state index in [1.807, 2.05) is 25.2 Å². The van der Waals surface area contributed by atoms with E-state index in [0.717, 1.165) is 48.1 Å². The minimum atomic E-state index is -0.388. The van der Waals surface area contributed by atoms with E-state index >= 15 is 0 Å². The molecule has 138 valence electrons. The number of benzene rings is 1. The zero-order valence-electron chi connectivity index (χ0n) is 14.9. The lowest BCUT2D eigenvalue weighted by Crippen LogP contribution is -2.48. The molecular weight excluding hydrogens is 340 g/mol. The summed E-state index contributed by atoms with van der Waals surface area (Å²) in [7, 11) is 1.84. The number of nitrogens with one attached hydrogen (secondary N) is 1. The van der Waals surface area contributed by atoms with Gasteiger partial charge < -0.3 is 19.4 Å². The fourth-order valence-corrected chi connectivity index (χ4v) is 3.15. The topological polar surface area (TPSA) is 54.7 Å². The first-order valence-corrected chi connectivity index (χ1v) is 8.77. The largest absolute Gasteiger partial charge is 0.461 e. The minimum absolute atomic E-state index is 0. The van der Waals surface area contributed by atoms with Crippen molar-refractivity contribution in [1.82, 2.24) is 10.2 Å². The number of hydrogen-bond acceptors (Lipinski definition) is 4. The first-order valence-electron chi connectivity index (χ1n) is 8.77. The van der Waals surface area contributed by atoms with Gasteiger partial charge in [0.05, 0.1) is 6.61 Å². The van der Waals surface area contributed by atoms with Crippen LogP contribution in [0.2, 0.25) is 0 Å². The summed E-state index contributed by atoms with van der Waals surface area (Å²) in [5.41, 5.74) is 2.02. The van der Waals surface area contributed by atoms with Crippen molar-refractivity contribution < 1.29 is 13.9 Å². The molecule has 3 rings (SSSR count). The van der Waals surface area contributed by atoms with Gasteiger partial charge in [0.2, 0.25) is 0 Å². The number of nitrogens with zero attached hydrogens (tertiary/aromatic N) is 1. The van der Waals surface area contributed by atoms with Crippen LogP contribution in [0, 0.1) is 0 Å². The van der Waals surface area contributed by atoms with Gasteiger partial charge in [-0.1, -0.05) is 31.5 Å². The average Bonchev–Trinajstić information content (AvgIpc) is 2.97. The Morgan fingerprint density at radius 2 is 2.16 bits per heavy atom. The maximum atomic E-state index is 12.6. The monoisotopic (exact) mass is 366 g/mol. The first kappa shape index (κ1) is 19.8. The number of halogens is 1. The van der Waals surface area contributed by atoms with E-state index in [-0.39, 0.29) is 24.4 Å². The highest BCUT2D eigenvalue weighted by molar-refractivity contribution is 5.85. The number of hydrogen-bond donors (Lipinski definition) is 1. The second-order valence-corrected chi connectivity index (χ2v) is 6.36. The Kier molecular flexibility index (Phi) is 7.29. The second kappa shape index (κ2) is 9.22. The molecule has 1 unspecified atom stereocenters. The smallest absolute Gasteiger partial charge is 0.253 e. The molecule has 1 amide bonds. The Bertz CT molecular complexity index is 695. The number of morpholine rings is 1. The zero-order chi connectivity index (χ0) is 16.9. The van der Waals surface area contributed by atoms with Crippen LogP contribution in [0.5, 0.6) is 0 Å². The minimum Gasteiger partial charge on any atom is -0.461 e. The third-order valence-electron chi connectivity index (χ3n) is 4.51. The van der Waals surface area contributed by atoms with Crippen molar-refractivity contribution in [1.29, 1.82) is 0 Å². The summed E-state index contributed by atoms with van der Waals surface area (Å²) in [6.07, 6.45) is 2.72. The molecule has 1 aliphatic rings. The van der Waals surface area contributed by atoms with E-state index in [1.54, 1.807) is 4.90 Å². The SMILES string of the molecule is CCCCc1oc2ccccc2c1CN(C)C(=O)C1CNCCO1.Cl. The van der Waals surface area contributed by atoms with Crippen LogP contribution in [0.3, 0.4) is 0 Å². The standard InChI is InChI=1S/C19H26N2O3.ClH/c1-3-4-8-17-15(14-7-5-6-9-16(14)24-17)13-21(2)19(22)18-12-20-10-11-23-18;/h5-7,9,18,20H,3-4,8,10-13H2,1-2H3;1H. The average molecular weight is 367 g/mol. The van der Waals surface area contributed by atoms with E-state index in [9.17, 15) is 4.79 Å². The Hall–Kier alpha value is -1.56. The third kappa shape index (κ3) is 4.54. The highest BCUT2D eigenvalue weighted by atomic mass is 35.5. The van der Waals surface area contributed by atoms with Gasteiger partial charge in [-0.25, -0.2) is 0 Å². The number of carbonyl (C=O) groups is 1. The molecule has 1 fully saturated rings. The Balaban J connectivity index is 0.00000225. The number of carbonyl (C=O) groups excluding carboxylic acids is 1. The molecule has 0 saturated carbocycles. The molecule has 6 heteroatoms. The highest BCUT2D eigenvalue weighted by Gasteiger charge is 2.26. The third-order valence-corrected chi connectivity index (χ3v) is 4.51. The Morgan fingerprint density at radius 3 is 2.88 bits per heavy atom. The molecule has 0 bridgehead atoms. The number of para-hydroxylation sites is 1. The van der Waals surface area contributed by atoms with Gasteiger partial charge in [-0.05, 0) is 12.5 Å². The molecule has 1 atom stereocenters. The van der Waals surface area contributed by atoms with Crippen LogP contribution < -0.4 is 5.32 Å². The van der Waals surface area contributed by atoms with Gasteiger partial charge in [-0.15, -0.1) is 12.4 Å². The molecule has 1 aromatic carbocycles. The van der Waals surface area contributed by atoms with Gasteiger partial charge in [0.1, 0.15) is 17.4 Å². The number of amides is 1. The number of furan rings is 1. The summed E-state index contributed by atoms with van der Waals surface area (Å²) in [4.78, 5) is 14.4. The van der Waals surface area contributed by atoms with Crippen LogP contribution >= 0.6 is 12.4 Å². The van der Waals surface area contributed by atoms with Crippen molar-refractivity contribution in [3.63, 3.8) is 0 Å². The van der Waals surface area contributed by atoms with Gasteiger partial charge in [0.25, 0.3) is 5.91 Å². The summed E-state index contributed by atoms with van der Waals surface area (Å²) in [5, 5.41) is 4.31. The summed E-state index contributed by atoms with van der Waals surface area (Å²) in [5.74, 6) is 1.02. The second-order valence-electron chi connectivity index (χ2n) is 6.36. The van der Waals surface area contributed by atoms with Crippen LogP contribution in [-0.4, -0.2) is 43.7 Å². The van der Waals surface area contributed by atoms with E-state index in [4.69, 9.17) is 9.15 Å². The summed E-state index contributed by atoms with van der Waals surface area (Å²) >= 11 is 0. The maximum Gasteiger partial charge on any atom is 0.253 e. The molecule has 2 heterocycles. The molecule has 1 saturated heterocycles. The van der Waals surface area contributed by atoms with E-state index < -0.39 is 0 Å². The number of fused-ring (bicyclic) bond motifs is 1. The Labute approximate surface area is 155 Å². The molecule has 1 aliphatic heterocycles.